The first-order chi connectivity index (χ1) is 18.0. The first kappa shape index (κ1) is 23.5. The molecule has 3 heterocycles. The molecule has 1 aliphatic rings. The monoisotopic (exact) mass is 495 g/mol. The molecule has 0 bridgehead atoms. The van der Waals surface area contributed by atoms with Crippen LogP contribution in [0.4, 0.5) is 5.69 Å². The largest absolute Gasteiger partial charge is 0.480 e. The van der Waals surface area contributed by atoms with Gasteiger partial charge in [-0.2, -0.15) is 0 Å². The lowest BCUT2D eigenvalue weighted by atomic mass is 10.1. The van der Waals surface area contributed by atoms with E-state index in [9.17, 15) is 19.5 Å². The number of carbonyl (C=O) groups is 3. The summed E-state index contributed by atoms with van der Waals surface area (Å²) in [4.78, 5) is 50.5. The highest BCUT2D eigenvalue weighted by molar-refractivity contribution is 6.33. The number of rotatable bonds is 8. The molecule has 2 aromatic heterocycles. The second-order valence-electron chi connectivity index (χ2n) is 8.18. The van der Waals surface area contributed by atoms with Crippen LogP contribution in [0.3, 0.4) is 0 Å². The summed E-state index contributed by atoms with van der Waals surface area (Å²) in [7, 11) is 0. The number of anilines is 1. The van der Waals surface area contributed by atoms with Gasteiger partial charge in [-0.05, 0) is 36.4 Å². The molecule has 2 aromatic carbocycles. The van der Waals surface area contributed by atoms with Crippen molar-refractivity contribution >= 4 is 35.4 Å². The van der Waals surface area contributed by atoms with Crippen LogP contribution < -0.4 is 10.2 Å². The molecular formula is C27H21N5O5. The minimum absolute atomic E-state index is 0.0586. The van der Waals surface area contributed by atoms with Crippen molar-refractivity contribution in [2.75, 3.05) is 4.90 Å². The molecule has 1 atom stereocenters. The number of furan rings is 1. The SMILES string of the molecule is O=C(N[C@@H](Cc1cnc[nH]1)C(=O)O)c1ccc(N2C(=O)/C(=C\c3ccco3)N=C2c2ccccc2)cc1. The van der Waals surface area contributed by atoms with Gasteiger partial charge < -0.3 is 19.8 Å². The number of hydrogen-bond donors (Lipinski definition) is 3. The fourth-order valence-corrected chi connectivity index (χ4v) is 3.86. The molecule has 0 radical (unpaired) electrons. The number of benzene rings is 2. The average Bonchev–Trinajstić information content (AvgIpc) is 3.68. The summed E-state index contributed by atoms with van der Waals surface area (Å²) in [5.41, 5.74) is 2.28. The van der Waals surface area contributed by atoms with Crippen LogP contribution in [0.25, 0.3) is 6.08 Å². The lowest BCUT2D eigenvalue weighted by Crippen LogP contribution is -2.42. The number of aliphatic imine (C=N–C) groups is 1. The fraction of sp³-hybridized carbons (Fsp3) is 0.0741. The zero-order valence-corrected chi connectivity index (χ0v) is 19.4. The number of aromatic nitrogens is 2. The van der Waals surface area contributed by atoms with Gasteiger partial charge in [0.2, 0.25) is 0 Å². The maximum Gasteiger partial charge on any atom is 0.326 e. The molecule has 0 saturated heterocycles. The first-order valence-corrected chi connectivity index (χ1v) is 11.3. The van der Waals surface area contributed by atoms with Gasteiger partial charge in [0.1, 0.15) is 23.3 Å². The maximum atomic E-state index is 13.4. The number of carboxylic acids is 1. The number of aromatic amines is 1. The van der Waals surface area contributed by atoms with Crippen LogP contribution in [0, 0.1) is 0 Å². The van der Waals surface area contributed by atoms with Crippen molar-refractivity contribution in [3.8, 4) is 0 Å². The quantitative estimate of drug-likeness (QED) is 0.321. The van der Waals surface area contributed by atoms with Gasteiger partial charge in [-0.25, -0.2) is 14.8 Å². The van der Waals surface area contributed by atoms with E-state index in [1.54, 1.807) is 30.3 Å². The van der Waals surface area contributed by atoms with E-state index in [4.69, 9.17) is 4.42 Å². The van der Waals surface area contributed by atoms with E-state index < -0.39 is 17.9 Å². The molecule has 3 N–H and O–H groups in total. The second-order valence-corrected chi connectivity index (χ2v) is 8.18. The summed E-state index contributed by atoms with van der Waals surface area (Å²) in [5.74, 6) is -1.14. The van der Waals surface area contributed by atoms with Gasteiger partial charge in [-0.15, -0.1) is 0 Å². The summed E-state index contributed by atoms with van der Waals surface area (Å²) in [6, 6.07) is 17.9. The average molecular weight is 495 g/mol. The molecule has 37 heavy (non-hydrogen) atoms. The van der Waals surface area contributed by atoms with E-state index in [0.29, 0.717) is 23.0 Å². The zero-order valence-electron chi connectivity index (χ0n) is 19.4. The van der Waals surface area contributed by atoms with E-state index in [2.05, 4.69) is 20.3 Å². The molecule has 5 rings (SSSR count). The molecule has 0 aliphatic carbocycles. The fourth-order valence-electron chi connectivity index (χ4n) is 3.86. The van der Waals surface area contributed by atoms with Gasteiger partial charge in [0.05, 0.1) is 18.3 Å². The maximum absolute atomic E-state index is 13.4. The third-order valence-electron chi connectivity index (χ3n) is 5.68. The van der Waals surface area contributed by atoms with E-state index >= 15 is 0 Å². The molecule has 0 spiro atoms. The summed E-state index contributed by atoms with van der Waals surface area (Å²) in [5, 5.41) is 12.0. The first-order valence-electron chi connectivity index (χ1n) is 11.3. The Labute approximate surface area is 211 Å². The number of carboxylic acid groups (broad SMARTS) is 1. The van der Waals surface area contributed by atoms with Gasteiger partial charge in [0, 0.05) is 35.5 Å². The van der Waals surface area contributed by atoms with E-state index in [-0.39, 0.29) is 23.6 Å². The van der Waals surface area contributed by atoms with Gasteiger partial charge in [-0.3, -0.25) is 14.5 Å². The number of nitrogens with zero attached hydrogens (tertiary/aromatic N) is 3. The van der Waals surface area contributed by atoms with Crippen molar-refractivity contribution in [2.45, 2.75) is 12.5 Å². The normalized spacial score (nSPS) is 15.0. The van der Waals surface area contributed by atoms with Gasteiger partial charge in [-0.1, -0.05) is 30.3 Å². The summed E-state index contributed by atoms with van der Waals surface area (Å²) in [6.07, 6.45) is 6.09. The Balaban J connectivity index is 1.39. The number of H-pyrrole nitrogens is 1. The Morgan fingerprint density at radius 1 is 1.08 bits per heavy atom. The highest BCUT2D eigenvalue weighted by atomic mass is 16.4. The molecule has 184 valence electrons. The number of amidine groups is 1. The second kappa shape index (κ2) is 10.2. The predicted molar refractivity (Wildman–Crippen MR) is 135 cm³/mol. The van der Waals surface area contributed by atoms with E-state index in [1.807, 2.05) is 30.3 Å². The van der Waals surface area contributed by atoms with Gasteiger partial charge >= 0.3 is 5.97 Å². The summed E-state index contributed by atoms with van der Waals surface area (Å²) < 4.78 is 5.34. The number of nitrogens with one attached hydrogen (secondary N) is 2. The Bertz CT molecular complexity index is 1470. The van der Waals surface area contributed by atoms with Crippen molar-refractivity contribution in [1.29, 1.82) is 0 Å². The molecular weight excluding hydrogens is 474 g/mol. The topological polar surface area (TPSA) is 141 Å². The summed E-state index contributed by atoms with van der Waals surface area (Å²) in [6.45, 7) is 0. The third-order valence-corrected chi connectivity index (χ3v) is 5.68. The highest BCUT2D eigenvalue weighted by Crippen LogP contribution is 2.28. The molecule has 4 aromatic rings. The molecule has 0 fully saturated rings. The van der Waals surface area contributed by atoms with Crippen LogP contribution in [0.1, 0.15) is 27.4 Å². The Morgan fingerprint density at radius 3 is 2.51 bits per heavy atom. The van der Waals surface area contributed by atoms with Crippen LogP contribution in [0.2, 0.25) is 0 Å². The minimum atomic E-state index is -1.16. The van der Waals surface area contributed by atoms with E-state index in [0.717, 1.165) is 5.56 Å². The number of carbonyl (C=O) groups excluding carboxylic acids is 2. The predicted octanol–water partition coefficient (Wildman–Crippen LogP) is 3.26. The highest BCUT2D eigenvalue weighted by Gasteiger charge is 2.33. The Morgan fingerprint density at radius 2 is 1.86 bits per heavy atom. The van der Waals surface area contributed by atoms with Crippen LogP contribution >= 0.6 is 0 Å². The van der Waals surface area contributed by atoms with Gasteiger partial charge in [0.15, 0.2) is 0 Å². The molecule has 1 aliphatic heterocycles. The lowest BCUT2D eigenvalue weighted by Gasteiger charge is -2.19. The molecule has 10 heteroatoms. The van der Waals surface area contributed by atoms with E-state index in [1.165, 1.54) is 35.8 Å². The minimum Gasteiger partial charge on any atom is -0.480 e. The van der Waals surface area contributed by atoms with Crippen molar-refractivity contribution < 1.29 is 23.9 Å². The lowest BCUT2D eigenvalue weighted by molar-refractivity contribution is -0.139. The van der Waals surface area contributed by atoms with Crippen LogP contribution in [0.5, 0.6) is 0 Å². The molecule has 10 nitrogen and oxygen atoms in total. The van der Waals surface area contributed by atoms with Gasteiger partial charge in [0.25, 0.3) is 11.8 Å². The summed E-state index contributed by atoms with van der Waals surface area (Å²) >= 11 is 0. The number of amides is 2. The Hall–Kier alpha value is -5.25. The number of imidazole rings is 1. The smallest absolute Gasteiger partial charge is 0.326 e. The van der Waals surface area contributed by atoms with Crippen molar-refractivity contribution in [3.63, 3.8) is 0 Å². The third kappa shape index (κ3) is 5.08. The van der Waals surface area contributed by atoms with Crippen LogP contribution in [0.15, 0.2) is 101 Å². The molecule has 0 saturated carbocycles. The van der Waals surface area contributed by atoms with Crippen LogP contribution in [-0.4, -0.2) is 44.7 Å². The van der Waals surface area contributed by atoms with Crippen molar-refractivity contribution in [1.82, 2.24) is 15.3 Å². The zero-order chi connectivity index (χ0) is 25.8. The van der Waals surface area contributed by atoms with Crippen molar-refractivity contribution in [2.24, 2.45) is 4.99 Å². The number of hydrogen-bond acceptors (Lipinski definition) is 6. The standard InChI is InChI=1S/C27H21N5O5/c33-25(31-23(27(35)36)13-19-15-28-16-29-19)18-8-10-20(11-9-18)32-24(17-5-2-1-3-6-17)30-22(26(32)34)14-21-7-4-12-37-21/h1-12,14-16,23H,13H2,(H,28,29)(H,31,33)(H,35,36)/b22-14+/t23-/m0/s1. The Kier molecular flexibility index (Phi) is 6.45. The van der Waals surface area contributed by atoms with Crippen molar-refractivity contribution in [3.05, 3.63) is 114 Å². The molecule has 2 amide bonds. The van der Waals surface area contributed by atoms with Crippen LogP contribution in [-0.2, 0) is 16.0 Å². The number of aliphatic carboxylic acids is 1. The molecule has 0 unspecified atom stereocenters.